The van der Waals surface area contributed by atoms with Gasteiger partial charge in [-0.3, -0.25) is 9.59 Å². The Kier molecular flexibility index (Phi) is 4.52. The van der Waals surface area contributed by atoms with Crippen LogP contribution in [0.4, 0.5) is 0 Å². The van der Waals surface area contributed by atoms with Crippen molar-refractivity contribution in [2.75, 3.05) is 0 Å². The van der Waals surface area contributed by atoms with Crippen LogP contribution >= 0.6 is 23.2 Å². The van der Waals surface area contributed by atoms with Gasteiger partial charge in [-0.1, -0.05) is 47.5 Å². The normalized spacial score (nSPS) is 25.8. The molecular formula is C18H14Cl2O4. The van der Waals surface area contributed by atoms with E-state index in [1.165, 1.54) is 0 Å². The Morgan fingerprint density at radius 3 is 1.21 bits per heavy atom. The molecule has 124 valence electrons. The largest absolute Gasteiger partial charge is 0.481 e. The Bertz CT molecular complexity index is 695. The lowest BCUT2D eigenvalue weighted by Gasteiger charge is -2.48. The van der Waals surface area contributed by atoms with Gasteiger partial charge in [-0.15, -0.1) is 0 Å². The van der Waals surface area contributed by atoms with Gasteiger partial charge in [0.1, 0.15) is 0 Å². The molecular weight excluding hydrogens is 351 g/mol. The predicted molar refractivity (Wildman–Crippen MR) is 90.6 cm³/mol. The molecule has 1 aliphatic rings. The molecule has 6 heteroatoms. The molecule has 1 aliphatic carbocycles. The Morgan fingerprint density at radius 2 is 0.958 bits per heavy atom. The van der Waals surface area contributed by atoms with Crippen molar-refractivity contribution in [1.29, 1.82) is 0 Å². The SMILES string of the molecule is O=C(O)C1C(c2ccc(Cl)cc2)C(C(=O)O)C1c1ccc(Cl)cc1. The van der Waals surface area contributed by atoms with Crippen LogP contribution in [-0.2, 0) is 9.59 Å². The van der Waals surface area contributed by atoms with Crippen molar-refractivity contribution in [2.24, 2.45) is 11.8 Å². The summed E-state index contributed by atoms with van der Waals surface area (Å²) in [6, 6.07) is 13.3. The molecule has 0 aromatic heterocycles. The minimum atomic E-state index is -1.01. The van der Waals surface area contributed by atoms with E-state index in [4.69, 9.17) is 23.2 Å². The quantitative estimate of drug-likeness (QED) is 0.848. The van der Waals surface area contributed by atoms with Crippen LogP contribution < -0.4 is 0 Å². The predicted octanol–water partition coefficient (Wildman–Crippen LogP) is 4.28. The Morgan fingerprint density at radius 1 is 0.667 bits per heavy atom. The number of rotatable bonds is 4. The molecule has 0 aliphatic heterocycles. The molecule has 0 unspecified atom stereocenters. The van der Waals surface area contributed by atoms with E-state index < -0.39 is 35.6 Å². The number of hydrogen-bond acceptors (Lipinski definition) is 2. The van der Waals surface area contributed by atoms with E-state index in [-0.39, 0.29) is 0 Å². The number of hydrogen-bond donors (Lipinski definition) is 2. The fourth-order valence-electron chi connectivity index (χ4n) is 3.56. The zero-order chi connectivity index (χ0) is 17.4. The van der Waals surface area contributed by atoms with Crippen molar-refractivity contribution in [1.82, 2.24) is 0 Å². The summed E-state index contributed by atoms with van der Waals surface area (Å²) in [5, 5.41) is 20.4. The Balaban J connectivity index is 2.03. The minimum absolute atomic E-state index is 0.520. The first-order chi connectivity index (χ1) is 11.4. The van der Waals surface area contributed by atoms with E-state index in [0.717, 1.165) is 0 Å². The second-order valence-corrected chi connectivity index (χ2v) is 6.76. The van der Waals surface area contributed by atoms with Crippen molar-refractivity contribution in [3.63, 3.8) is 0 Å². The lowest BCUT2D eigenvalue weighted by Crippen LogP contribution is -2.50. The van der Waals surface area contributed by atoms with E-state index in [0.29, 0.717) is 21.2 Å². The topological polar surface area (TPSA) is 74.6 Å². The van der Waals surface area contributed by atoms with Crippen LogP contribution in [0, 0.1) is 11.8 Å². The molecule has 4 nitrogen and oxygen atoms in total. The third kappa shape index (κ3) is 2.87. The highest BCUT2D eigenvalue weighted by atomic mass is 35.5. The van der Waals surface area contributed by atoms with Crippen molar-refractivity contribution in [3.05, 3.63) is 69.7 Å². The van der Waals surface area contributed by atoms with Gasteiger partial charge in [0.25, 0.3) is 0 Å². The fourth-order valence-corrected chi connectivity index (χ4v) is 3.81. The molecule has 1 fully saturated rings. The number of carbonyl (C=O) groups is 2. The van der Waals surface area contributed by atoms with E-state index in [9.17, 15) is 19.8 Å². The van der Waals surface area contributed by atoms with Crippen molar-refractivity contribution in [2.45, 2.75) is 11.8 Å². The van der Waals surface area contributed by atoms with Gasteiger partial charge < -0.3 is 10.2 Å². The third-order valence-electron chi connectivity index (χ3n) is 4.63. The van der Waals surface area contributed by atoms with Gasteiger partial charge >= 0.3 is 11.9 Å². The summed E-state index contributed by atoms with van der Waals surface area (Å²) in [5.74, 6) is -4.84. The molecule has 0 saturated heterocycles. The molecule has 2 N–H and O–H groups in total. The molecule has 0 amide bonds. The zero-order valence-corrected chi connectivity index (χ0v) is 13.9. The molecule has 2 aromatic rings. The second kappa shape index (κ2) is 6.46. The van der Waals surface area contributed by atoms with Crippen molar-refractivity contribution >= 4 is 35.1 Å². The van der Waals surface area contributed by atoms with Gasteiger partial charge in [-0.25, -0.2) is 0 Å². The fraction of sp³-hybridized carbons (Fsp3) is 0.222. The van der Waals surface area contributed by atoms with Gasteiger partial charge in [-0.2, -0.15) is 0 Å². The highest BCUT2D eigenvalue weighted by molar-refractivity contribution is 6.30. The molecule has 0 heterocycles. The number of aliphatic carboxylic acids is 2. The molecule has 3 rings (SSSR count). The first kappa shape index (κ1) is 16.8. The Labute approximate surface area is 148 Å². The molecule has 0 bridgehead atoms. The van der Waals surface area contributed by atoms with Crippen LogP contribution in [-0.4, -0.2) is 22.2 Å². The molecule has 1 saturated carbocycles. The minimum Gasteiger partial charge on any atom is -0.481 e. The van der Waals surface area contributed by atoms with Gasteiger partial charge in [-0.05, 0) is 35.4 Å². The Hall–Kier alpha value is -2.04. The molecule has 24 heavy (non-hydrogen) atoms. The van der Waals surface area contributed by atoms with Crippen molar-refractivity contribution in [3.8, 4) is 0 Å². The molecule has 0 atom stereocenters. The average Bonchev–Trinajstić information content (AvgIpc) is 2.49. The number of benzene rings is 2. The first-order valence-corrected chi connectivity index (χ1v) is 8.12. The second-order valence-electron chi connectivity index (χ2n) is 5.88. The van der Waals surface area contributed by atoms with E-state index in [2.05, 4.69) is 0 Å². The van der Waals surface area contributed by atoms with Crippen LogP contribution in [0.5, 0.6) is 0 Å². The highest BCUT2D eigenvalue weighted by Crippen LogP contribution is 2.57. The average molecular weight is 365 g/mol. The van der Waals surface area contributed by atoms with Crippen LogP contribution in [0.2, 0.25) is 10.0 Å². The van der Waals surface area contributed by atoms with E-state index in [1.54, 1.807) is 48.5 Å². The van der Waals surface area contributed by atoms with E-state index >= 15 is 0 Å². The van der Waals surface area contributed by atoms with Gasteiger partial charge in [0.15, 0.2) is 0 Å². The number of carboxylic acids is 2. The number of carboxylic acid groups (broad SMARTS) is 2. The zero-order valence-electron chi connectivity index (χ0n) is 12.4. The molecule has 2 aromatic carbocycles. The van der Waals surface area contributed by atoms with E-state index in [1.807, 2.05) is 0 Å². The van der Waals surface area contributed by atoms with Gasteiger partial charge in [0.05, 0.1) is 11.8 Å². The summed E-state index contributed by atoms with van der Waals surface area (Å²) in [6.07, 6.45) is 0. The maximum Gasteiger partial charge on any atom is 0.307 e. The van der Waals surface area contributed by atoms with Crippen LogP contribution in [0.25, 0.3) is 0 Å². The third-order valence-corrected chi connectivity index (χ3v) is 5.13. The number of halogens is 2. The summed E-state index contributed by atoms with van der Waals surface area (Å²) in [7, 11) is 0. The monoisotopic (exact) mass is 364 g/mol. The summed E-state index contributed by atoms with van der Waals surface area (Å²) >= 11 is 11.7. The molecule has 0 spiro atoms. The lowest BCUT2D eigenvalue weighted by molar-refractivity contribution is -0.159. The van der Waals surface area contributed by atoms with Crippen LogP contribution in [0.3, 0.4) is 0 Å². The maximum atomic E-state index is 11.8. The summed E-state index contributed by atoms with van der Waals surface area (Å²) in [4.78, 5) is 23.6. The standard InChI is InChI=1S/C18H14Cl2O4/c19-11-5-1-9(2-6-11)13-15(17(21)22)14(16(13)18(23)24)10-3-7-12(20)8-4-10/h1-8,13-16H,(H,21,22)(H,23,24). The van der Waals surface area contributed by atoms with Gasteiger partial charge in [0, 0.05) is 21.9 Å². The smallest absolute Gasteiger partial charge is 0.307 e. The summed E-state index contributed by atoms with van der Waals surface area (Å²) in [5.41, 5.74) is 1.34. The van der Waals surface area contributed by atoms with Crippen molar-refractivity contribution < 1.29 is 19.8 Å². The lowest BCUT2D eigenvalue weighted by atomic mass is 9.52. The highest BCUT2D eigenvalue weighted by Gasteiger charge is 2.58. The maximum absolute atomic E-state index is 11.8. The summed E-state index contributed by atoms with van der Waals surface area (Å²) in [6.45, 7) is 0. The van der Waals surface area contributed by atoms with Crippen LogP contribution in [0.15, 0.2) is 48.5 Å². The summed E-state index contributed by atoms with van der Waals surface area (Å²) < 4.78 is 0. The first-order valence-electron chi connectivity index (χ1n) is 7.36. The van der Waals surface area contributed by atoms with Crippen LogP contribution in [0.1, 0.15) is 23.0 Å². The molecule has 0 radical (unpaired) electrons. The van der Waals surface area contributed by atoms with Gasteiger partial charge in [0.2, 0.25) is 0 Å².